The monoisotopic (exact) mass is 260 g/mol. The molecule has 0 saturated carbocycles. The Labute approximate surface area is 100 Å². The molecule has 0 atom stereocenters. The Balaban J connectivity index is 2.71. The Hall–Kier alpha value is -0.770. The van der Waals surface area contributed by atoms with E-state index < -0.39 is 5.24 Å². The van der Waals surface area contributed by atoms with E-state index in [2.05, 4.69) is 0 Å². The van der Waals surface area contributed by atoms with Gasteiger partial charge in [-0.3, -0.25) is 4.79 Å². The third-order valence-corrected chi connectivity index (χ3v) is 3.97. The second-order valence-corrected chi connectivity index (χ2v) is 4.66. The molecule has 78 valence electrons. The van der Waals surface area contributed by atoms with Crippen molar-refractivity contribution in [3.05, 3.63) is 28.1 Å². The van der Waals surface area contributed by atoms with E-state index in [0.29, 0.717) is 15.6 Å². The fraction of sp³-hybridized carbons (Fsp3) is 0.100. The van der Waals surface area contributed by atoms with Crippen LogP contribution in [0.4, 0.5) is 0 Å². The number of benzene rings is 1. The average Bonchev–Trinajstić information content (AvgIpc) is 2.63. The molecule has 0 unspecified atom stereocenters. The summed E-state index contributed by atoms with van der Waals surface area (Å²) in [6.07, 6.45) is 0. The first-order chi connectivity index (χ1) is 7.13. The maximum absolute atomic E-state index is 11.0. The lowest BCUT2D eigenvalue weighted by Crippen LogP contribution is -1.82. The van der Waals surface area contributed by atoms with Gasteiger partial charge in [-0.05, 0) is 35.2 Å². The summed E-state index contributed by atoms with van der Waals surface area (Å²) in [6.45, 7) is 0. The van der Waals surface area contributed by atoms with Crippen molar-refractivity contribution in [3.8, 4) is 5.75 Å². The zero-order chi connectivity index (χ0) is 11.0. The molecular weight excluding hydrogens is 255 g/mol. The van der Waals surface area contributed by atoms with E-state index in [1.165, 1.54) is 11.3 Å². The number of hydrogen-bond acceptors (Lipinski definition) is 3. The van der Waals surface area contributed by atoms with Crippen LogP contribution in [-0.4, -0.2) is 12.4 Å². The van der Waals surface area contributed by atoms with Crippen LogP contribution in [0, 0.1) is 0 Å². The fourth-order valence-electron chi connectivity index (χ4n) is 1.31. The molecule has 1 heterocycles. The summed E-state index contributed by atoms with van der Waals surface area (Å²) in [5.74, 6) is 0.597. The van der Waals surface area contributed by atoms with Gasteiger partial charge in [0.15, 0.2) is 0 Å². The van der Waals surface area contributed by atoms with Crippen LogP contribution in [0.1, 0.15) is 9.67 Å². The smallest absolute Gasteiger partial charge is 0.262 e. The molecular formula is C10H6Cl2O2S. The maximum atomic E-state index is 11.0. The molecule has 1 aromatic heterocycles. The van der Waals surface area contributed by atoms with E-state index in [0.717, 1.165) is 10.1 Å². The number of thiophene rings is 1. The average molecular weight is 261 g/mol. The van der Waals surface area contributed by atoms with Crippen molar-refractivity contribution < 1.29 is 9.53 Å². The van der Waals surface area contributed by atoms with E-state index >= 15 is 0 Å². The maximum Gasteiger partial charge on any atom is 0.262 e. The van der Waals surface area contributed by atoms with Gasteiger partial charge in [0, 0.05) is 0 Å². The predicted molar refractivity (Wildman–Crippen MR) is 63.6 cm³/mol. The summed E-state index contributed by atoms with van der Waals surface area (Å²) in [6, 6.07) is 5.33. The van der Waals surface area contributed by atoms with Gasteiger partial charge in [0.25, 0.3) is 5.24 Å². The van der Waals surface area contributed by atoms with E-state index in [1.807, 2.05) is 6.07 Å². The zero-order valence-corrected chi connectivity index (χ0v) is 10.0. The number of hydrogen-bond donors (Lipinski definition) is 0. The standard InChI is InChI=1S/C10H6Cl2O2S/c1-14-6-3-2-5-4-7(10(12)13)15-9(5)8(6)11/h2-4H,1H3. The molecule has 2 rings (SSSR count). The Morgan fingerprint density at radius 3 is 2.80 bits per heavy atom. The second kappa shape index (κ2) is 4.00. The van der Waals surface area contributed by atoms with Crippen molar-refractivity contribution in [3.63, 3.8) is 0 Å². The number of fused-ring (bicyclic) bond motifs is 1. The van der Waals surface area contributed by atoms with Gasteiger partial charge in [0.1, 0.15) is 10.8 Å². The number of ether oxygens (including phenoxy) is 1. The van der Waals surface area contributed by atoms with Crippen molar-refractivity contribution in [1.29, 1.82) is 0 Å². The number of carbonyl (C=O) groups excluding carboxylic acids is 1. The minimum absolute atomic E-state index is 0.466. The lowest BCUT2D eigenvalue weighted by Gasteiger charge is -2.02. The van der Waals surface area contributed by atoms with Gasteiger partial charge in [0.05, 0.1) is 16.7 Å². The minimum Gasteiger partial charge on any atom is -0.495 e. The third kappa shape index (κ3) is 1.83. The van der Waals surface area contributed by atoms with Gasteiger partial charge >= 0.3 is 0 Å². The molecule has 5 heteroatoms. The lowest BCUT2D eigenvalue weighted by atomic mass is 10.2. The highest BCUT2D eigenvalue weighted by Crippen LogP contribution is 2.38. The first-order valence-corrected chi connectivity index (χ1v) is 5.66. The Kier molecular flexibility index (Phi) is 2.87. The van der Waals surface area contributed by atoms with Gasteiger partial charge in [-0.15, -0.1) is 11.3 Å². The molecule has 0 bridgehead atoms. The van der Waals surface area contributed by atoms with Crippen molar-refractivity contribution >= 4 is 49.9 Å². The normalized spacial score (nSPS) is 10.6. The highest BCUT2D eigenvalue weighted by Gasteiger charge is 2.12. The molecule has 0 fully saturated rings. The molecule has 0 saturated heterocycles. The van der Waals surface area contributed by atoms with Gasteiger partial charge in [-0.1, -0.05) is 11.6 Å². The summed E-state index contributed by atoms with van der Waals surface area (Å²) in [5, 5.41) is 0.949. The summed E-state index contributed by atoms with van der Waals surface area (Å²) in [7, 11) is 1.55. The second-order valence-electron chi connectivity index (χ2n) is 2.88. The minimum atomic E-state index is -0.466. The summed E-state index contributed by atoms with van der Waals surface area (Å²) in [4.78, 5) is 11.5. The van der Waals surface area contributed by atoms with Crippen molar-refractivity contribution in [2.45, 2.75) is 0 Å². The first kappa shape index (κ1) is 10.7. The van der Waals surface area contributed by atoms with E-state index in [4.69, 9.17) is 27.9 Å². The molecule has 15 heavy (non-hydrogen) atoms. The van der Waals surface area contributed by atoms with Crippen LogP contribution in [0.25, 0.3) is 10.1 Å². The Morgan fingerprint density at radius 1 is 1.47 bits per heavy atom. The molecule has 0 aliphatic rings. The van der Waals surface area contributed by atoms with Crippen LogP contribution in [-0.2, 0) is 0 Å². The Bertz CT molecular complexity index is 533. The predicted octanol–water partition coefficient (Wildman–Crippen LogP) is 3.94. The van der Waals surface area contributed by atoms with Crippen LogP contribution < -0.4 is 4.74 Å². The number of methoxy groups -OCH3 is 1. The molecule has 0 spiro atoms. The fourth-order valence-corrected chi connectivity index (χ4v) is 2.76. The summed E-state index contributed by atoms with van der Waals surface area (Å²) >= 11 is 12.8. The van der Waals surface area contributed by atoms with E-state index in [-0.39, 0.29) is 0 Å². The summed E-state index contributed by atoms with van der Waals surface area (Å²) < 4.78 is 5.90. The first-order valence-electron chi connectivity index (χ1n) is 4.09. The Morgan fingerprint density at radius 2 is 2.20 bits per heavy atom. The van der Waals surface area contributed by atoms with Gasteiger partial charge in [-0.2, -0.15) is 0 Å². The van der Waals surface area contributed by atoms with Crippen molar-refractivity contribution in [2.24, 2.45) is 0 Å². The lowest BCUT2D eigenvalue weighted by molar-refractivity contribution is 0.108. The quantitative estimate of drug-likeness (QED) is 0.765. The van der Waals surface area contributed by atoms with Crippen LogP contribution in [0.2, 0.25) is 5.02 Å². The number of rotatable bonds is 2. The van der Waals surface area contributed by atoms with Crippen LogP contribution in [0.15, 0.2) is 18.2 Å². The molecule has 0 aliphatic carbocycles. The number of halogens is 2. The van der Waals surface area contributed by atoms with Gasteiger partial charge in [0.2, 0.25) is 0 Å². The van der Waals surface area contributed by atoms with Crippen LogP contribution in [0.5, 0.6) is 5.75 Å². The van der Waals surface area contributed by atoms with Crippen LogP contribution in [0.3, 0.4) is 0 Å². The third-order valence-electron chi connectivity index (χ3n) is 2.00. The zero-order valence-electron chi connectivity index (χ0n) is 7.71. The van der Waals surface area contributed by atoms with Crippen LogP contribution >= 0.6 is 34.5 Å². The molecule has 0 amide bonds. The molecule has 2 nitrogen and oxygen atoms in total. The van der Waals surface area contributed by atoms with E-state index in [9.17, 15) is 4.79 Å². The SMILES string of the molecule is COc1ccc2cc(C(=O)Cl)sc2c1Cl. The topological polar surface area (TPSA) is 26.3 Å². The van der Waals surface area contributed by atoms with Crippen molar-refractivity contribution in [2.75, 3.05) is 7.11 Å². The molecule has 0 radical (unpaired) electrons. The largest absolute Gasteiger partial charge is 0.495 e. The molecule has 0 aliphatic heterocycles. The van der Waals surface area contributed by atoms with E-state index in [1.54, 1.807) is 19.2 Å². The highest BCUT2D eigenvalue weighted by atomic mass is 35.5. The highest BCUT2D eigenvalue weighted by molar-refractivity contribution is 7.22. The van der Waals surface area contributed by atoms with Gasteiger partial charge < -0.3 is 4.74 Å². The molecule has 0 N–H and O–H groups in total. The summed E-state index contributed by atoms with van der Waals surface area (Å²) in [5.41, 5.74) is 0. The molecule has 2 aromatic rings. The van der Waals surface area contributed by atoms with Gasteiger partial charge in [-0.25, -0.2) is 0 Å². The molecule has 1 aromatic carbocycles. The number of carbonyl (C=O) groups is 1. The van der Waals surface area contributed by atoms with Crippen molar-refractivity contribution in [1.82, 2.24) is 0 Å².